The summed E-state index contributed by atoms with van der Waals surface area (Å²) in [6.45, 7) is 0. The molecule has 0 unspecified atom stereocenters. The predicted octanol–water partition coefficient (Wildman–Crippen LogP) is 4.95. The highest BCUT2D eigenvalue weighted by atomic mass is 35.5. The van der Waals surface area contributed by atoms with Crippen LogP contribution in [0.3, 0.4) is 0 Å². The Kier molecular flexibility index (Phi) is 4.25. The first kappa shape index (κ1) is 16.2. The number of para-hydroxylation sites is 1. The second-order valence-corrected chi connectivity index (χ2v) is 7.07. The third-order valence-corrected chi connectivity index (χ3v) is 5.04. The summed E-state index contributed by atoms with van der Waals surface area (Å²) in [6.07, 6.45) is 3.46. The van der Waals surface area contributed by atoms with Crippen LogP contribution in [0.4, 0.5) is 5.69 Å². The Morgan fingerprint density at radius 3 is 2.72 bits per heavy atom. The number of carbonyl (C=O) groups is 1. The van der Waals surface area contributed by atoms with Crippen LogP contribution in [0.1, 0.15) is 5.69 Å². The number of amidine groups is 1. The monoisotopic (exact) mass is 388 g/mol. The molecule has 4 rings (SSSR count). The number of pyridine rings is 1. The van der Waals surface area contributed by atoms with Crippen molar-refractivity contribution in [2.24, 2.45) is 4.99 Å². The van der Waals surface area contributed by atoms with Crippen LogP contribution >= 0.6 is 35.0 Å². The molecule has 0 saturated heterocycles. The second kappa shape index (κ2) is 6.55. The van der Waals surface area contributed by atoms with Crippen LogP contribution in [0.15, 0.2) is 52.5 Å². The van der Waals surface area contributed by atoms with E-state index >= 15 is 0 Å². The van der Waals surface area contributed by atoms with E-state index in [1.165, 1.54) is 11.8 Å². The summed E-state index contributed by atoms with van der Waals surface area (Å²) in [5, 5.41) is 5.35. The summed E-state index contributed by atoms with van der Waals surface area (Å²) in [4.78, 5) is 24.1. The number of fused-ring (bicyclic) bond motifs is 1. The van der Waals surface area contributed by atoms with Crippen molar-refractivity contribution in [1.29, 1.82) is 0 Å². The number of thioether (sulfide) groups is 1. The van der Waals surface area contributed by atoms with Crippen LogP contribution in [0.25, 0.3) is 17.1 Å². The molecule has 2 N–H and O–H groups in total. The van der Waals surface area contributed by atoms with Gasteiger partial charge < -0.3 is 10.3 Å². The number of hydrogen-bond donors (Lipinski definition) is 2. The average Bonchev–Trinajstić information content (AvgIpc) is 3.14. The maximum atomic E-state index is 12.2. The molecule has 8 heteroatoms. The first-order chi connectivity index (χ1) is 12.1. The number of anilines is 1. The van der Waals surface area contributed by atoms with Gasteiger partial charge >= 0.3 is 0 Å². The molecule has 3 aromatic rings. The topological polar surface area (TPSA) is 70.1 Å². The highest BCUT2D eigenvalue weighted by molar-refractivity contribution is 8.18. The van der Waals surface area contributed by atoms with Crippen molar-refractivity contribution in [3.8, 4) is 0 Å². The molecule has 0 spiro atoms. The van der Waals surface area contributed by atoms with E-state index in [4.69, 9.17) is 23.2 Å². The molecule has 0 bridgehead atoms. The molecular formula is C17H10Cl2N4OS. The van der Waals surface area contributed by atoms with Crippen molar-refractivity contribution in [2.45, 2.75) is 0 Å². The van der Waals surface area contributed by atoms with Crippen molar-refractivity contribution in [1.82, 2.24) is 9.97 Å². The van der Waals surface area contributed by atoms with E-state index in [0.29, 0.717) is 25.8 Å². The van der Waals surface area contributed by atoms with Gasteiger partial charge in [0.05, 0.1) is 20.6 Å². The predicted molar refractivity (Wildman–Crippen MR) is 104 cm³/mol. The van der Waals surface area contributed by atoms with Gasteiger partial charge in [-0.2, -0.15) is 4.99 Å². The Morgan fingerprint density at radius 2 is 1.96 bits per heavy atom. The number of aromatic amines is 1. The Balaban J connectivity index is 1.57. The Bertz CT molecular complexity index is 1000. The molecule has 0 saturated carbocycles. The highest BCUT2D eigenvalue weighted by Crippen LogP contribution is 2.34. The maximum Gasteiger partial charge on any atom is 0.286 e. The zero-order valence-electron chi connectivity index (χ0n) is 12.6. The lowest BCUT2D eigenvalue weighted by molar-refractivity contribution is -0.113. The number of nitrogens with one attached hydrogen (secondary N) is 2. The van der Waals surface area contributed by atoms with Gasteiger partial charge in [-0.3, -0.25) is 4.79 Å². The van der Waals surface area contributed by atoms with Crippen LogP contribution < -0.4 is 5.32 Å². The fourth-order valence-electron chi connectivity index (χ4n) is 2.38. The normalized spacial score (nSPS) is 15.8. The minimum Gasteiger partial charge on any atom is -0.340 e. The summed E-state index contributed by atoms with van der Waals surface area (Å²) in [7, 11) is 0. The minimum atomic E-state index is -0.317. The van der Waals surface area contributed by atoms with Gasteiger partial charge in [0.25, 0.3) is 5.91 Å². The maximum absolute atomic E-state index is 12.2. The molecular weight excluding hydrogens is 379 g/mol. The summed E-state index contributed by atoms with van der Waals surface area (Å²) in [5.74, 6) is -0.317. The first-order valence-electron chi connectivity index (χ1n) is 7.27. The molecule has 3 heterocycles. The fourth-order valence-corrected chi connectivity index (χ4v) is 3.69. The lowest BCUT2D eigenvalue weighted by Gasteiger charge is -2.08. The van der Waals surface area contributed by atoms with Crippen LogP contribution in [-0.2, 0) is 4.79 Å². The van der Waals surface area contributed by atoms with Crippen molar-refractivity contribution in [3.05, 3.63) is 63.2 Å². The summed E-state index contributed by atoms with van der Waals surface area (Å²) in [6, 6.07) is 10.9. The van der Waals surface area contributed by atoms with Crippen LogP contribution in [-0.4, -0.2) is 21.0 Å². The Labute approximate surface area is 157 Å². The zero-order valence-corrected chi connectivity index (χ0v) is 14.9. The van der Waals surface area contributed by atoms with E-state index in [0.717, 1.165) is 16.7 Å². The number of rotatable bonds is 2. The van der Waals surface area contributed by atoms with Crippen LogP contribution in [0.5, 0.6) is 0 Å². The van der Waals surface area contributed by atoms with Crippen molar-refractivity contribution in [3.63, 3.8) is 0 Å². The third-order valence-electron chi connectivity index (χ3n) is 3.51. The zero-order chi connectivity index (χ0) is 17.4. The number of aromatic nitrogens is 2. The minimum absolute atomic E-state index is 0.317. The number of hydrogen-bond acceptors (Lipinski definition) is 4. The van der Waals surface area contributed by atoms with Gasteiger partial charge in [-0.25, -0.2) is 4.98 Å². The Morgan fingerprint density at radius 1 is 1.16 bits per heavy atom. The van der Waals surface area contributed by atoms with Crippen LogP contribution in [0.2, 0.25) is 10.0 Å². The van der Waals surface area contributed by atoms with Gasteiger partial charge in [-0.15, -0.1) is 0 Å². The van der Waals surface area contributed by atoms with Gasteiger partial charge in [0.2, 0.25) is 0 Å². The quantitative estimate of drug-likeness (QED) is 0.609. The molecule has 2 aromatic heterocycles. The van der Waals surface area contributed by atoms with E-state index in [1.807, 2.05) is 18.2 Å². The van der Waals surface area contributed by atoms with Crippen molar-refractivity contribution >= 4 is 68.8 Å². The molecule has 25 heavy (non-hydrogen) atoms. The molecule has 0 atom stereocenters. The number of halogens is 2. The molecule has 1 aromatic carbocycles. The number of benzene rings is 1. The van der Waals surface area contributed by atoms with Crippen LogP contribution in [0, 0.1) is 0 Å². The van der Waals surface area contributed by atoms with Gasteiger partial charge in [-0.1, -0.05) is 29.3 Å². The largest absolute Gasteiger partial charge is 0.340 e. The lowest BCUT2D eigenvalue weighted by atomic mass is 10.3. The van der Waals surface area contributed by atoms with Gasteiger partial charge in [0.1, 0.15) is 5.65 Å². The standard InChI is InChI=1S/C17H10Cl2N4OS/c18-11-4-1-5-12(19)14(11)22-17-23-16(24)13(25-17)8-10-7-9-3-2-6-20-15(9)21-10/h1-8H,(H,20,21)(H,22,23,24)/b13-8-. The number of H-pyrrole nitrogens is 1. The number of aliphatic imine (C=N–C) groups is 1. The fraction of sp³-hybridized carbons (Fsp3) is 0. The molecule has 0 aliphatic carbocycles. The van der Waals surface area contributed by atoms with E-state index in [-0.39, 0.29) is 5.91 Å². The van der Waals surface area contributed by atoms with E-state index < -0.39 is 0 Å². The number of carbonyl (C=O) groups excluding carboxylic acids is 1. The molecule has 124 valence electrons. The average molecular weight is 389 g/mol. The third kappa shape index (κ3) is 3.28. The van der Waals surface area contributed by atoms with E-state index in [9.17, 15) is 4.79 Å². The lowest BCUT2D eigenvalue weighted by Crippen LogP contribution is -2.05. The van der Waals surface area contributed by atoms with Crippen molar-refractivity contribution < 1.29 is 4.79 Å². The summed E-state index contributed by atoms with van der Waals surface area (Å²) in [5.41, 5.74) is 2.09. The molecule has 5 nitrogen and oxygen atoms in total. The summed E-state index contributed by atoms with van der Waals surface area (Å²) < 4.78 is 0. The van der Waals surface area contributed by atoms with Crippen molar-refractivity contribution in [2.75, 3.05) is 5.32 Å². The molecule has 0 fully saturated rings. The smallest absolute Gasteiger partial charge is 0.286 e. The van der Waals surface area contributed by atoms with E-state index in [1.54, 1.807) is 30.5 Å². The number of nitrogens with zero attached hydrogens (tertiary/aromatic N) is 2. The SMILES string of the molecule is O=C1N=C(Nc2c(Cl)cccc2Cl)S/C1=C\c1cc2cccnc2[nH]1. The first-order valence-corrected chi connectivity index (χ1v) is 8.85. The highest BCUT2D eigenvalue weighted by Gasteiger charge is 2.23. The van der Waals surface area contributed by atoms with Gasteiger partial charge in [0.15, 0.2) is 5.17 Å². The Hall–Kier alpha value is -2.28. The van der Waals surface area contributed by atoms with E-state index in [2.05, 4.69) is 20.3 Å². The number of amides is 1. The van der Waals surface area contributed by atoms with Gasteiger partial charge in [-0.05, 0) is 48.2 Å². The van der Waals surface area contributed by atoms with Gasteiger partial charge in [0, 0.05) is 17.3 Å². The molecule has 0 radical (unpaired) electrons. The molecule has 1 amide bonds. The summed E-state index contributed by atoms with van der Waals surface area (Å²) >= 11 is 13.5. The second-order valence-electron chi connectivity index (χ2n) is 5.22. The molecule has 1 aliphatic heterocycles. The molecule has 1 aliphatic rings.